The fraction of sp³-hybridized carbons (Fsp3) is 0.400. The number of ether oxygens (including phenoxy) is 2. The normalized spacial score (nSPS) is 10.7. The van der Waals surface area contributed by atoms with E-state index in [4.69, 9.17) is 9.47 Å². The smallest absolute Gasteiger partial charge is 0.173 e. The van der Waals surface area contributed by atoms with Crippen molar-refractivity contribution in [2.75, 3.05) is 26.1 Å². The van der Waals surface area contributed by atoms with E-state index in [1.807, 2.05) is 0 Å². The molecule has 84 valence electrons. The summed E-state index contributed by atoms with van der Waals surface area (Å²) in [6.07, 6.45) is -0.347. The van der Waals surface area contributed by atoms with Crippen molar-refractivity contribution in [3.05, 3.63) is 28.5 Å². The Morgan fingerprint density at radius 1 is 1.40 bits per heavy atom. The van der Waals surface area contributed by atoms with E-state index in [0.29, 0.717) is 12.2 Å². The van der Waals surface area contributed by atoms with Gasteiger partial charge in [-0.05, 0) is 34.1 Å². The number of rotatable bonds is 5. The zero-order chi connectivity index (χ0) is 11.3. The average molecular weight is 278 g/mol. The van der Waals surface area contributed by atoms with Gasteiger partial charge in [-0.2, -0.15) is 0 Å². The van der Waals surface area contributed by atoms with Crippen LogP contribution in [0.25, 0.3) is 0 Å². The van der Waals surface area contributed by atoms with Gasteiger partial charge in [0.25, 0.3) is 0 Å². The molecule has 15 heavy (non-hydrogen) atoms. The summed E-state index contributed by atoms with van der Waals surface area (Å²) in [6, 6.07) is 4.44. The predicted molar refractivity (Wildman–Crippen MR) is 60.4 cm³/mol. The summed E-state index contributed by atoms with van der Waals surface area (Å²) in [7, 11) is 3.10. The molecule has 0 spiro atoms. The summed E-state index contributed by atoms with van der Waals surface area (Å²) < 4.78 is 23.7. The number of hydrogen-bond donors (Lipinski definition) is 1. The van der Waals surface area contributed by atoms with Crippen molar-refractivity contribution < 1.29 is 13.9 Å². The zero-order valence-corrected chi connectivity index (χ0v) is 10.2. The van der Waals surface area contributed by atoms with E-state index >= 15 is 0 Å². The molecule has 1 N–H and O–H groups in total. The number of nitrogens with one attached hydrogen (secondary N) is 1. The Hall–Kier alpha value is -0.650. The molecular formula is C10H13BrFNO2. The highest BCUT2D eigenvalue weighted by atomic mass is 79.9. The molecule has 0 aliphatic heterocycles. The van der Waals surface area contributed by atoms with E-state index in [1.54, 1.807) is 20.3 Å². The quantitative estimate of drug-likeness (QED) is 0.840. The molecule has 1 aromatic rings. The topological polar surface area (TPSA) is 30.5 Å². The molecular weight excluding hydrogens is 265 g/mol. The van der Waals surface area contributed by atoms with Crippen molar-refractivity contribution in [2.45, 2.75) is 6.29 Å². The van der Waals surface area contributed by atoms with Crippen LogP contribution < -0.4 is 5.32 Å². The number of hydrogen-bond acceptors (Lipinski definition) is 3. The maximum absolute atomic E-state index is 12.9. The van der Waals surface area contributed by atoms with Gasteiger partial charge < -0.3 is 14.8 Å². The highest BCUT2D eigenvalue weighted by Crippen LogP contribution is 2.22. The van der Waals surface area contributed by atoms with Crippen LogP contribution in [0.5, 0.6) is 0 Å². The van der Waals surface area contributed by atoms with Crippen molar-refractivity contribution in [3.8, 4) is 0 Å². The largest absolute Gasteiger partial charge is 0.379 e. The summed E-state index contributed by atoms with van der Waals surface area (Å²) in [4.78, 5) is 0. The third-order valence-corrected chi connectivity index (χ3v) is 2.60. The molecule has 0 unspecified atom stereocenters. The van der Waals surface area contributed by atoms with Gasteiger partial charge in [0.2, 0.25) is 0 Å². The van der Waals surface area contributed by atoms with E-state index in [-0.39, 0.29) is 12.1 Å². The Kier molecular flexibility index (Phi) is 5.01. The van der Waals surface area contributed by atoms with Gasteiger partial charge in [-0.3, -0.25) is 0 Å². The second-order valence-electron chi connectivity index (χ2n) is 2.91. The molecule has 5 heteroatoms. The first kappa shape index (κ1) is 12.4. The third kappa shape index (κ3) is 3.77. The van der Waals surface area contributed by atoms with E-state index in [9.17, 15) is 4.39 Å². The van der Waals surface area contributed by atoms with Crippen LogP contribution in [0.3, 0.4) is 0 Å². The third-order valence-electron chi connectivity index (χ3n) is 1.91. The van der Waals surface area contributed by atoms with Gasteiger partial charge in [-0.1, -0.05) is 0 Å². The van der Waals surface area contributed by atoms with Crippen LogP contribution in [0, 0.1) is 5.82 Å². The summed E-state index contributed by atoms with van der Waals surface area (Å²) in [5.74, 6) is -0.285. The first-order valence-electron chi connectivity index (χ1n) is 4.42. The summed E-state index contributed by atoms with van der Waals surface area (Å²) >= 11 is 3.31. The average Bonchev–Trinajstić information content (AvgIpc) is 2.24. The number of halogens is 2. The fourth-order valence-electron chi connectivity index (χ4n) is 1.09. The monoisotopic (exact) mass is 277 g/mol. The van der Waals surface area contributed by atoms with E-state index < -0.39 is 0 Å². The van der Waals surface area contributed by atoms with Gasteiger partial charge in [0.15, 0.2) is 6.29 Å². The van der Waals surface area contributed by atoms with E-state index in [0.717, 1.165) is 4.47 Å². The maximum atomic E-state index is 12.9. The second-order valence-corrected chi connectivity index (χ2v) is 3.76. The van der Waals surface area contributed by atoms with Crippen LogP contribution in [0.2, 0.25) is 0 Å². The molecule has 1 aromatic carbocycles. The Morgan fingerprint density at radius 3 is 2.67 bits per heavy atom. The van der Waals surface area contributed by atoms with Crippen LogP contribution in [0.4, 0.5) is 10.1 Å². The minimum Gasteiger partial charge on any atom is -0.379 e. The summed E-state index contributed by atoms with van der Waals surface area (Å²) in [5.41, 5.74) is 0.675. The predicted octanol–water partition coefficient (Wildman–Crippen LogP) is 2.62. The molecule has 0 heterocycles. The summed E-state index contributed by atoms with van der Waals surface area (Å²) in [5, 5.41) is 3.02. The van der Waals surface area contributed by atoms with Crippen molar-refractivity contribution in [3.63, 3.8) is 0 Å². The standard InChI is InChI=1S/C10H13BrFNO2/c1-14-10(15-2)6-13-9-5-7(12)3-4-8(9)11/h3-5,10,13H,6H2,1-2H3. The van der Waals surface area contributed by atoms with Gasteiger partial charge >= 0.3 is 0 Å². The minimum absolute atomic E-state index is 0.285. The molecule has 0 radical (unpaired) electrons. The summed E-state index contributed by atoms with van der Waals surface area (Å²) in [6.45, 7) is 0.453. The number of methoxy groups -OCH3 is 2. The lowest BCUT2D eigenvalue weighted by molar-refractivity contribution is -0.0914. The molecule has 0 bridgehead atoms. The lowest BCUT2D eigenvalue weighted by Gasteiger charge is -2.15. The highest BCUT2D eigenvalue weighted by Gasteiger charge is 2.06. The first-order valence-corrected chi connectivity index (χ1v) is 5.21. The molecule has 0 aliphatic carbocycles. The Bertz CT molecular complexity index is 318. The van der Waals surface area contributed by atoms with Crippen molar-refractivity contribution >= 4 is 21.6 Å². The molecule has 0 amide bonds. The molecule has 0 aromatic heterocycles. The van der Waals surface area contributed by atoms with Crippen molar-refractivity contribution in [1.82, 2.24) is 0 Å². The van der Waals surface area contributed by atoms with Gasteiger partial charge in [-0.15, -0.1) is 0 Å². The van der Waals surface area contributed by atoms with Crippen LogP contribution in [-0.4, -0.2) is 27.1 Å². The maximum Gasteiger partial charge on any atom is 0.173 e. The minimum atomic E-state index is -0.347. The van der Waals surface area contributed by atoms with Crippen LogP contribution >= 0.6 is 15.9 Å². The molecule has 1 rings (SSSR count). The molecule has 3 nitrogen and oxygen atoms in total. The highest BCUT2D eigenvalue weighted by molar-refractivity contribution is 9.10. The molecule has 0 fully saturated rings. The van der Waals surface area contributed by atoms with Gasteiger partial charge in [-0.25, -0.2) is 4.39 Å². The number of anilines is 1. The van der Waals surface area contributed by atoms with E-state index in [2.05, 4.69) is 21.2 Å². The second kappa shape index (κ2) is 6.05. The van der Waals surface area contributed by atoms with Crippen LogP contribution in [0.1, 0.15) is 0 Å². The molecule has 0 saturated heterocycles. The van der Waals surface area contributed by atoms with Crippen LogP contribution in [-0.2, 0) is 9.47 Å². The van der Waals surface area contributed by atoms with Crippen molar-refractivity contribution in [2.24, 2.45) is 0 Å². The molecule has 0 atom stereocenters. The fourth-order valence-corrected chi connectivity index (χ4v) is 1.48. The zero-order valence-electron chi connectivity index (χ0n) is 8.59. The van der Waals surface area contributed by atoms with Gasteiger partial charge in [0.1, 0.15) is 5.82 Å². The van der Waals surface area contributed by atoms with E-state index in [1.165, 1.54) is 12.1 Å². The Balaban J connectivity index is 2.60. The van der Waals surface area contributed by atoms with Crippen molar-refractivity contribution in [1.29, 1.82) is 0 Å². The first-order chi connectivity index (χ1) is 7.17. The molecule has 0 saturated carbocycles. The van der Waals surface area contributed by atoms with Gasteiger partial charge in [0.05, 0.1) is 12.2 Å². The number of benzene rings is 1. The molecule has 0 aliphatic rings. The lowest BCUT2D eigenvalue weighted by atomic mass is 10.3. The Labute approximate surface area is 96.7 Å². The Morgan fingerprint density at radius 2 is 2.07 bits per heavy atom. The lowest BCUT2D eigenvalue weighted by Crippen LogP contribution is -2.23. The van der Waals surface area contributed by atoms with Crippen LogP contribution in [0.15, 0.2) is 22.7 Å². The van der Waals surface area contributed by atoms with Gasteiger partial charge in [0, 0.05) is 18.7 Å². The SMILES string of the molecule is COC(CNc1cc(F)ccc1Br)OC.